The molecule has 0 spiro atoms. The summed E-state index contributed by atoms with van der Waals surface area (Å²) in [5.74, 6) is 0.109. The van der Waals surface area contributed by atoms with Gasteiger partial charge in [0.1, 0.15) is 0 Å². The van der Waals surface area contributed by atoms with Gasteiger partial charge in [-0.1, -0.05) is 26.7 Å². The minimum absolute atomic E-state index is 0.0317. The Bertz CT molecular complexity index is 367. The molecule has 0 aromatic carbocycles. The third-order valence-electron chi connectivity index (χ3n) is 3.99. The summed E-state index contributed by atoms with van der Waals surface area (Å²) in [5.41, 5.74) is 5.32. The van der Waals surface area contributed by atoms with E-state index in [1.54, 1.807) is 0 Å². The zero-order valence-corrected chi connectivity index (χ0v) is 14.2. The molecule has 4 heteroatoms. The number of hydrogen-bond donors (Lipinski definition) is 2. The second-order valence-corrected chi connectivity index (χ2v) is 8.00. The van der Waals surface area contributed by atoms with Crippen molar-refractivity contribution >= 4 is 11.8 Å². The zero-order chi connectivity index (χ0) is 16.2. The van der Waals surface area contributed by atoms with Gasteiger partial charge in [0.05, 0.1) is 0 Å². The van der Waals surface area contributed by atoms with Crippen molar-refractivity contribution in [1.82, 2.24) is 5.32 Å². The molecule has 1 fully saturated rings. The van der Waals surface area contributed by atoms with Gasteiger partial charge in [0, 0.05) is 17.4 Å². The lowest BCUT2D eigenvalue weighted by atomic mass is 9.80. The van der Waals surface area contributed by atoms with Crippen molar-refractivity contribution < 1.29 is 9.59 Å². The minimum atomic E-state index is -0.338. The molecular weight excluding hydrogens is 264 g/mol. The van der Waals surface area contributed by atoms with Crippen LogP contribution in [0, 0.1) is 23.7 Å². The number of rotatable bonds is 8. The van der Waals surface area contributed by atoms with Crippen LogP contribution < -0.4 is 11.1 Å². The highest BCUT2D eigenvalue weighted by Crippen LogP contribution is 2.36. The maximum Gasteiger partial charge on any atom is 0.224 e. The fraction of sp³-hybridized carbons (Fsp3) is 0.882. The number of carbonyl (C=O) groups excluding carboxylic acids is 2. The molecule has 0 bridgehead atoms. The Kier molecular flexibility index (Phi) is 6.24. The summed E-state index contributed by atoms with van der Waals surface area (Å²) in [5, 5.41) is 3.02. The van der Waals surface area contributed by atoms with Gasteiger partial charge in [-0.15, -0.1) is 0 Å². The van der Waals surface area contributed by atoms with Gasteiger partial charge in [-0.3, -0.25) is 9.59 Å². The van der Waals surface area contributed by atoms with Crippen LogP contribution in [0.4, 0.5) is 0 Å². The van der Waals surface area contributed by atoms with Gasteiger partial charge in [-0.2, -0.15) is 0 Å². The van der Waals surface area contributed by atoms with Gasteiger partial charge in [0.2, 0.25) is 11.8 Å². The zero-order valence-electron chi connectivity index (χ0n) is 14.2. The number of nitrogens with two attached hydrogens (primary N) is 1. The molecule has 1 aliphatic rings. The largest absolute Gasteiger partial charge is 0.369 e. The Hall–Kier alpha value is -1.06. The summed E-state index contributed by atoms with van der Waals surface area (Å²) in [6, 6.07) is 0. The number of nitrogens with one attached hydrogen (secondary N) is 1. The lowest BCUT2D eigenvalue weighted by Gasteiger charge is -2.29. The molecule has 2 atom stereocenters. The van der Waals surface area contributed by atoms with Crippen LogP contribution in [0.3, 0.4) is 0 Å². The van der Waals surface area contributed by atoms with Crippen molar-refractivity contribution in [3.05, 3.63) is 0 Å². The van der Waals surface area contributed by atoms with Gasteiger partial charge in [0.15, 0.2) is 0 Å². The fourth-order valence-corrected chi connectivity index (χ4v) is 2.79. The maximum atomic E-state index is 12.6. The lowest BCUT2D eigenvalue weighted by Crippen LogP contribution is -2.48. The van der Waals surface area contributed by atoms with E-state index in [2.05, 4.69) is 19.2 Å². The van der Waals surface area contributed by atoms with Crippen molar-refractivity contribution in [3.8, 4) is 0 Å². The van der Waals surface area contributed by atoms with E-state index in [1.807, 2.05) is 20.8 Å². The third-order valence-corrected chi connectivity index (χ3v) is 3.99. The molecule has 0 aromatic heterocycles. The molecule has 122 valence electrons. The molecule has 0 aromatic rings. The van der Waals surface area contributed by atoms with E-state index in [0.29, 0.717) is 12.3 Å². The minimum Gasteiger partial charge on any atom is -0.369 e. The average Bonchev–Trinajstić information content (AvgIpc) is 3.08. The smallest absolute Gasteiger partial charge is 0.224 e. The van der Waals surface area contributed by atoms with Crippen LogP contribution >= 0.6 is 0 Å². The SMILES string of the molecule is CC(C)CC(C(=O)NC(C)(C)C)C(CCC1CC1)C(N)=O. The quantitative estimate of drug-likeness (QED) is 0.723. The molecule has 4 nitrogen and oxygen atoms in total. The standard InChI is InChI=1S/C17H32N2O2/c1-11(2)10-14(16(21)19-17(3,4)5)13(15(18)20)9-8-12-6-7-12/h11-14H,6-10H2,1-5H3,(H2,18,20)(H,19,21). The normalized spacial score (nSPS) is 18.4. The van der Waals surface area contributed by atoms with Gasteiger partial charge >= 0.3 is 0 Å². The molecule has 21 heavy (non-hydrogen) atoms. The van der Waals surface area contributed by atoms with E-state index >= 15 is 0 Å². The van der Waals surface area contributed by atoms with E-state index in [1.165, 1.54) is 12.8 Å². The second kappa shape index (κ2) is 7.28. The fourth-order valence-electron chi connectivity index (χ4n) is 2.79. The average molecular weight is 296 g/mol. The predicted molar refractivity (Wildman–Crippen MR) is 85.5 cm³/mol. The Morgan fingerprint density at radius 2 is 1.76 bits per heavy atom. The molecule has 0 saturated heterocycles. The second-order valence-electron chi connectivity index (χ2n) is 8.00. The molecule has 1 aliphatic carbocycles. The molecule has 1 saturated carbocycles. The first kappa shape index (κ1) is 18.0. The van der Waals surface area contributed by atoms with Gasteiger partial charge in [-0.05, 0) is 51.9 Å². The Morgan fingerprint density at radius 1 is 1.19 bits per heavy atom. The number of amides is 2. The maximum absolute atomic E-state index is 12.6. The Balaban J connectivity index is 2.78. The summed E-state index contributed by atoms with van der Waals surface area (Å²) >= 11 is 0. The van der Waals surface area contributed by atoms with Gasteiger partial charge in [0.25, 0.3) is 0 Å². The molecule has 0 radical (unpaired) electrons. The topological polar surface area (TPSA) is 72.2 Å². The van der Waals surface area contributed by atoms with Gasteiger partial charge < -0.3 is 11.1 Å². The van der Waals surface area contributed by atoms with Crippen LogP contribution in [-0.4, -0.2) is 17.4 Å². The van der Waals surface area contributed by atoms with Crippen molar-refractivity contribution in [2.24, 2.45) is 29.4 Å². The van der Waals surface area contributed by atoms with Crippen LogP contribution in [0.15, 0.2) is 0 Å². The summed E-state index contributed by atoms with van der Waals surface area (Å²) in [6.07, 6.45) is 4.99. The molecule has 2 unspecified atom stereocenters. The summed E-state index contributed by atoms with van der Waals surface area (Å²) in [6.45, 7) is 10.0. The van der Waals surface area contributed by atoms with Crippen LogP contribution in [-0.2, 0) is 9.59 Å². The van der Waals surface area contributed by atoms with Crippen LogP contribution in [0.1, 0.15) is 66.7 Å². The van der Waals surface area contributed by atoms with Crippen molar-refractivity contribution in [2.75, 3.05) is 0 Å². The highest BCUT2D eigenvalue weighted by molar-refractivity contribution is 5.87. The van der Waals surface area contributed by atoms with E-state index < -0.39 is 0 Å². The molecule has 2 amide bonds. The Labute approximate surface area is 129 Å². The van der Waals surface area contributed by atoms with E-state index in [4.69, 9.17) is 5.73 Å². The highest BCUT2D eigenvalue weighted by Gasteiger charge is 2.35. The van der Waals surface area contributed by atoms with Crippen molar-refractivity contribution in [3.63, 3.8) is 0 Å². The molecule has 0 heterocycles. The van der Waals surface area contributed by atoms with Crippen LogP contribution in [0.25, 0.3) is 0 Å². The number of carbonyl (C=O) groups is 2. The number of hydrogen-bond acceptors (Lipinski definition) is 2. The van der Waals surface area contributed by atoms with E-state index in [0.717, 1.165) is 18.8 Å². The first-order valence-corrected chi connectivity index (χ1v) is 8.21. The van der Waals surface area contributed by atoms with E-state index in [9.17, 15) is 9.59 Å². The van der Waals surface area contributed by atoms with Crippen molar-refractivity contribution in [1.29, 1.82) is 0 Å². The van der Waals surface area contributed by atoms with E-state index in [-0.39, 0.29) is 29.2 Å². The molecule has 3 N–H and O–H groups in total. The summed E-state index contributed by atoms with van der Waals surface area (Å²) < 4.78 is 0. The molecule has 0 aliphatic heterocycles. The monoisotopic (exact) mass is 296 g/mol. The van der Waals surface area contributed by atoms with Crippen LogP contribution in [0.2, 0.25) is 0 Å². The van der Waals surface area contributed by atoms with Crippen LogP contribution in [0.5, 0.6) is 0 Å². The number of primary amides is 1. The highest BCUT2D eigenvalue weighted by atomic mass is 16.2. The summed E-state index contributed by atoms with van der Waals surface area (Å²) in [4.78, 5) is 24.4. The summed E-state index contributed by atoms with van der Waals surface area (Å²) in [7, 11) is 0. The first-order valence-electron chi connectivity index (χ1n) is 8.21. The molecular formula is C17H32N2O2. The third kappa shape index (κ3) is 6.96. The molecule has 1 rings (SSSR count). The van der Waals surface area contributed by atoms with Gasteiger partial charge in [-0.25, -0.2) is 0 Å². The Morgan fingerprint density at radius 3 is 2.14 bits per heavy atom. The van der Waals surface area contributed by atoms with Crippen molar-refractivity contribution in [2.45, 2.75) is 72.3 Å². The first-order chi connectivity index (χ1) is 9.60. The predicted octanol–water partition coefficient (Wildman–Crippen LogP) is 2.86. The lowest BCUT2D eigenvalue weighted by molar-refractivity contribution is -0.135.